The van der Waals surface area contributed by atoms with Crippen LogP contribution in [0.2, 0.25) is 0 Å². The molecule has 0 aromatic carbocycles. The van der Waals surface area contributed by atoms with E-state index < -0.39 is 160 Å². The van der Waals surface area contributed by atoms with E-state index in [1.54, 1.807) is 0 Å². The summed E-state index contributed by atoms with van der Waals surface area (Å²) in [6, 6.07) is 0. The SMILES string of the molecule is CC1OC(OC2C(OC3C(O)C(CO)OC(OC4CCC5(C)C(=CCC6C5CCC5(C)C6CC6OC7(CCC(C)(COC8OC(CO)C(O)C(O)C8O)O7)C(C)C65)C4)C3O)OC(CO)C(O)C2O)C(O)C(O)C1O. The van der Waals surface area contributed by atoms with Gasteiger partial charge in [-0.1, -0.05) is 32.4 Å². The van der Waals surface area contributed by atoms with Gasteiger partial charge < -0.3 is 114 Å². The molecule has 10 aliphatic rings. The zero-order chi connectivity index (χ0) is 53.1. The highest BCUT2D eigenvalue weighted by Crippen LogP contribution is 2.71. The normalized spacial score (nSPS) is 57.4. The van der Waals surface area contributed by atoms with Crippen LogP contribution in [0.3, 0.4) is 0 Å². The van der Waals surface area contributed by atoms with Crippen LogP contribution >= 0.6 is 0 Å². The predicted molar refractivity (Wildman–Crippen MR) is 248 cm³/mol. The lowest BCUT2D eigenvalue weighted by molar-refractivity contribution is -0.389. The van der Waals surface area contributed by atoms with Gasteiger partial charge in [0.1, 0.15) is 91.6 Å². The summed E-state index contributed by atoms with van der Waals surface area (Å²) in [7, 11) is 0. The third kappa shape index (κ3) is 9.38. The van der Waals surface area contributed by atoms with Gasteiger partial charge in [0.2, 0.25) is 0 Å². The zero-order valence-electron chi connectivity index (χ0n) is 42.8. The predicted octanol–water partition coefficient (Wildman–Crippen LogP) is -2.85. The number of aliphatic hydroxyl groups is 13. The summed E-state index contributed by atoms with van der Waals surface area (Å²) in [4.78, 5) is 0. The maximum atomic E-state index is 11.8. The topological polar surface area (TPSA) is 355 Å². The van der Waals surface area contributed by atoms with Gasteiger partial charge >= 0.3 is 0 Å². The molecule has 6 aliphatic heterocycles. The van der Waals surface area contributed by atoms with Crippen molar-refractivity contribution in [3.8, 4) is 0 Å². The van der Waals surface area contributed by atoms with Gasteiger partial charge in [0.05, 0.1) is 50.3 Å². The molecule has 9 fully saturated rings. The lowest BCUT2D eigenvalue weighted by Gasteiger charge is -2.58. The fraction of sp³-hybridized carbons (Fsp3) is 0.961. The van der Waals surface area contributed by atoms with E-state index in [0.29, 0.717) is 43.4 Å². The fourth-order valence-electron chi connectivity index (χ4n) is 15.6. The van der Waals surface area contributed by atoms with Crippen LogP contribution < -0.4 is 0 Å². The molecular formula is C51H82O23. The molecule has 0 amide bonds. The molecule has 4 aliphatic carbocycles. The molecule has 31 atom stereocenters. The van der Waals surface area contributed by atoms with Crippen LogP contribution in [0.1, 0.15) is 92.4 Å². The van der Waals surface area contributed by atoms with Crippen LogP contribution in [0.15, 0.2) is 11.6 Å². The van der Waals surface area contributed by atoms with Crippen LogP contribution in [-0.4, -0.2) is 239 Å². The molecule has 13 N–H and O–H groups in total. The van der Waals surface area contributed by atoms with Crippen molar-refractivity contribution in [2.45, 2.75) is 239 Å². The summed E-state index contributed by atoms with van der Waals surface area (Å²) in [5, 5.41) is 138. The highest BCUT2D eigenvalue weighted by atomic mass is 16.8. The summed E-state index contributed by atoms with van der Waals surface area (Å²) in [5.74, 6) is 0.807. The highest BCUT2D eigenvalue weighted by Gasteiger charge is 2.70. The molecule has 31 unspecified atom stereocenters. The Morgan fingerprint density at radius 3 is 1.89 bits per heavy atom. The van der Waals surface area contributed by atoms with E-state index in [2.05, 4.69) is 26.8 Å². The van der Waals surface area contributed by atoms with E-state index >= 15 is 0 Å². The Kier molecular flexibility index (Phi) is 16.0. The van der Waals surface area contributed by atoms with Gasteiger partial charge in [-0.15, -0.1) is 0 Å². The number of rotatable bonds is 12. The fourth-order valence-corrected chi connectivity index (χ4v) is 15.6. The Bertz CT molecular complexity index is 1990. The minimum absolute atomic E-state index is 0.00766. The Balaban J connectivity index is 0.781. The molecule has 3 saturated carbocycles. The third-order valence-electron chi connectivity index (χ3n) is 19.9. The van der Waals surface area contributed by atoms with Gasteiger partial charge in [0, 0.05) is 12.3 Å². The summed E-state index contributed by atoms with van der Waals surface area (Å²) < 4.78 is 61.4. The van der Waals surface area contributed by atoms with Crippen molar-refractivity contribution < 1.29 is 114 Å². The lowest BCUT2D eigenvalue weighted by Crippen LogP contribution is -2.67. The molecule has 6 heterocycles. The third-order valence-corrected chi connectivity index (χ3v) is 19.9. The second-order valence-corrected chi connectivity index (χ2v) is 24.2. The molecule has 10 rings (SSSR count). The van der Waals surface area contributed by atoms with Crippen molar-refractivity contribution in [1.82, 2.24) is 0 Å². The van der Waals surface area contributed by atoms with E-state index in [4.69, 9.17) is 47.4 Å². The largest absolute Gasteiger partial charge is 0.394 e. The Labute approximate surface area is 430 Å². The van der Waals surface area contributed by atoms with Crippen LogP contribution in [-0.2, 0) is 47.4 Å². The zero-order valence-corrected chi connectivity index (χ0v) is 42.8. The molecule has 0 aromatic rings. The molecule has 424 valence electrons. The molecule has 0 aromatic heterocycles. The van der Waals surface area contributed by atoms with Crippen molar-refractivity contribution in [3.05, 3.63) is 11.6 Å². The van der Waals surface area contributed by atoms with Crippen molar-refractivity contribution in [2.24, 2.45) is 40.4 Å². The van der Waals surface area contributed by atoms with Crippen LogP contribution in [0, 0.1) is 40.4 Å². The first-order valence-electron chi connectivity index (χ1n) is 26.9. The van der Waals surface area contributed by atoms with Gasteiger partial charge in [-0.05, 0) is 99.7 Å². The molecule has 23 heteroatoms. The monoisotopic (exact) mass is 1060 g/mol. The first-order valence-corrected chi connectivity index (χ1v) is 26.9. The van der Waals surface area contributed by atoms with Crippen LogP contribution in [0.25, 0.3) is 0 Å². The molecular weight excluding hydrogens is 981 g/mol. The molecule has 74 heavy (non-hydrogen) atoms. The van der Waals surface area contributed by atoms with Crippen LogP contribution in [0.4, 0.5) is 0 Å². The number of hydrogen-bond acceptors (Lipinski definition) is 23. The Morgan fingerprint density at radius 2 is 1.19 bits per heavy atom. The Morgan fingerprint density at radius 1 is 0.581 bits per heavy atom. The van der Waals surface area contributed by atoms with Crippen molar-refractivity contribution in [2.75, 3.05) is 26.4 Å². The molecule has 0 bridgehead atoms. The van der Waals surface area contributed by atoms with Gasteiger partial charge in [-0.2, -0.15) is 0 Å². The van der Waals surface area contributed by atoms with Gasteiger partial charge in [0.25, 0.3) is 0 Å². The highest BCUT2D eigenvalue weighted by molar-refractivity contribution is 5.27. The molecule has 0 radical (unpaired) electrons. The van der Waals surface area contributed by atoms with Gasteiger partial charge in [-0.25, -0.2) is 0 Å². The van der Waals surface area contributed by atoms with E-state index in [9.17, 15) is 66.4 Å². The summed E-state index contributed by atoms with van der Waals surface area (Å²) in [6.07, 6.45) is -21.6. The smallest absolute Gasteiger partial charge is 0.187 e. The number of aliphatic hydroxyl groups excluding tert-OH is 13. The summed E-state index contributed by atoms with van der Waals surface area (Å²) >= 11 is 0. The first kappa shape index (κ1) is 56.1. The summed E-state index contributed by atoms with van der Waals surface area (Å²) in [5.41, 5.74) is 0.396. The maximum Gasteiger partial charge on any atom is 0.187 e. The van der Waals surface area contributed by atoms with Gasteiger partial charge in [-0.3, -0.25) is 0 Å². The van der Waals surface area contributed by atoms with Crippen LogP contribution in [0.5, 0.6) is 0 Å². The van der Waals surface area contributed by atoms with Crippen molar-refractivity contribution >= 4 is 0 Å². The minimum atomic E-state index is -1.85. The first-order chi connectivity index (χ1) is 35.0. The van der Waals surface area contributed by atoms with Crippen molar-refractivity contribution in [1.29, 1.82) is 0 Å². The van der Waals surface area contributed by atoms with Gasteiger partial charge in [0.15, 0.2) is 30.9 Å². The maximum absolute atomic E-state index is 11.8. The van der Waals surface area contributed by atoms with E-state index in [0.717, 1.165) is 32.1 Å². The van der Waals surface area contributed by atoms with Crippen molar-refractivity contribution in [3.63, 3.8) is 0 Å². The number of hydrogen-bond donors (Lipinski definition) is 13. The minimum Gasteiger partial charge on any atom is -0.394 e. The Hall–Kier alpha value is -1.18. The average Bonchev–Trinajstić information content (AvgIpc) is 4.02. The number of fused-ring (bicyclic) bond motifs is 7. The quantitative estimate of drug-likeness (QED) is 0.0875. The van der Waals surface area contributed by atoms with E-state index in [-0.39, 0.29) is 35.4 Å². The second kappa shape index (κ2) is 21.0. The number of allylic oxidation sites excluding steroid dienone is 1. The number of ether oxygens (including phenoxy) is 10. The van der Waals surface area contributed by atoms with E-state index in [1.807, 2.05) is 6.92 Å². The second-order valence-electron chi connectivity index (χ2n) is 24.2. The molecule has 1 spiro atoms. The van der Waals surface area contributed by atoms with E-state index in [1.165, 1.54) is 12.5 Å². The molecule has 6 saturated heterocycles. The summed E-state index contributed by atoms with van der Waals surface area (Å²) in [6.45, 7) is 8.45. The lowest BCUT2D eigenvalue weighted by atomic mass is 9.47. The average molecular weight is 1060 g/mol. The standard InChI is InChI=1S/C51H82O23/c1-20-31-27(73-51(20)13-12-48(3,74-51)19-65-44-39(62)37(60)33(56)28(16-52)68-44)15-26-24-7-6-22-14-23(8-10-49(22,4)25(24)9-11-50(26,31)5)67-46-41(64)42(35(58)30(18-54)69-46)71-47-43(38(61)34(57)29(17-53)70-47)72-45-40(63)36(59)32(55)21(2)66-45/h6,20-21,23-47,52-64H,7-19H2,1-5H3. The molecule has 23 nitrogen and oxygen atoms in total.